The largest absolute Gasteiger partial charge is 0.333 e. The van der Waals surface area contributed by atoms with E-state index < -0.39 is 0 Å². The van der Waals surface area contributed by atoms with Gasteiger partial charge in [-0.25, -0.2) is 15.0 Å². The van der Waals surface area contributed by atoms with Crippen LogP contribution in [-0.4, -0.2) is 40.7 Å². The van der Waals surface area contributed by atoms with Gasteiger partial charge >= 0.3 is 0 Å². The summed E-state index contributed by atoms with van der Waals surface area (Å²) in [5.74, 6) is 1.80. The highest BCUT2D eigenvalue weighted by atomic mass is 35.5. The SMILES string of the molecule is Cn1ncc2c(Cl)nc(CN3CCn4ccnc4C3)nc21. The quantitative estimate of drug-likeness (QED) is 0.666. The van der Waals surface area contributed by atoms with Gasteiger partial charge in [0.25, 0.3) is 0 Å². The third-order valence-corrected chi connectivity index (χ3v) is 4.07. The molecule has 4 heterocycles. The van der Waals surface area contributed by atoms with Crippen LogP contribution in [0.2, 0.25) is 5.15 Å². The van der Waals surface area contributed by atoms with Crippen LogP contribution < -0.4 is 0 Å². The van der Waals surface area contributed by atoms with Gasteiger partial charge in [0, 0.05) is 32.5 Å². The molecule has 0 saturated carbocycles. The fourth-order valence-electron chi connectivity index (χ4n) is 2.66. The van der Waals surface area contributed by atoms with Crippen LogP contribution in [0, 0.1) is 0 Å². The molecule has 0 spiro atoms. The van der Waals surface area contributed by atoms with Gasteiger partial charge in [0.15, 0.2) is 5.65 Å². The second kappa shape index (κ2) is 4.78. The molecule has 1 aliphatic rings. The first-order valence-electron chi connectivity index (χ1n) is 6.77. The number of hydrogen-bond acceptors (Lipinski definition) is 5. The summed E-state index contributed by atoms with van der Waals surface area (Å²) < 4.78 is 3.89. The van der Waals surface area contributed by atoms with Crippen molar-refractivity contribution in [1.29, 1.82) is 0 Å². The van der Waals surface area contributed by atoms with E-state index in [1.165, 1.54) is 0 Å². The molecule has 0 aromatic carbocycles. The van der Waals surface area contributed by atoms with E-state index in [0.29, 0.717) is 11.7 Å². The van der Waals surface area contributed by atoms with Crippen LogP contribution in [0.15, 0.2) is 18.6 Å². The van der Waals surface area contributed by atoms with Crippen molar-refractivity contribution in [3.05, 3.63) is 35.4 Å². The van der Waals surface area contributed by atoms with Gasteiger partial charge in [0.1, 0.15) is 16.8 Å². The Morgan fingerprint density at radius 3 is 3.10 bits per heavy atom. The van der Waals surface area contributed by atoms with Crippen LogP contribution in [0.3, 0.4) is 0 Å². The Morgan fingerprint density at radius 1 is 1.29 bits per heavy atom. The van der Waals surface area contributed by atoms with E-state index >= 15 is 0 Å². The molecule has 0 unspecified atom stereocenters. The summed E-state index contributed by atoms with van der Waals surface area (Å²) >= 11 is 6.22. The van der Waals surface area contributed by atoms with E-state index in [-0.39, 0.29) is 0 Å². The maximum absolute atomic E-state index is 6.22. The monoisotopic (exact) mass is 303 g/mol. The molecule has 1 aliphatic heterocycles. The van der Waals surface area contributed by atoms with Crippen LogP contribution in [0.5, 0.6) is 0 Å². The molecule has 0 radical (unpaired) electrons. The normalized spacial score (nSPS) is 15.5. The molecule has 4 rings (SSSR count). The summed E-state index contributed by atoms with van der Waals surface area (Å²) in [4.78, 5) is 15.6. The Kier molecular flexibility index (Phi) is 2.90. The molecule has 0 amide bonds. The van der Waals surface area contributed by atoms with E-state index in [0.717, 1.165) is 42.3 Å². The number of nitrogens with zero attached hydrogens (tertiary/aromatic N) is 7. The van der Waals surface area contributed by atoms with Crippen LogP contribution in [-0.2, 0) is 26.7 Å². The van der Waals surface area contributed by atoms with Crippen molar-refractivity contribution in [2.45, 2.75) is 19.6 Å². The molecule has 0 atom stereocenters. The van der Waals surface area contributed by atoms with Gasteiger partial charge in [0.05, 0.1) is 24.7 Å². The number of fused-ring (bicyclic) bond motifs is 2. The zero-order valence-electron chi connectivity index (χ0n) is 11.6. The topological polar surface area (TPSA) is 64.7 Å². The van der Waals surface area contributed by atoms with Crippen molar-refractivity contribution in [3.8, 4) is 0 Å². The Balaban J connectivity index is 1.61. The van der Waals surface area contributed by atoms with Gasteiger partial charge in [-0.05, 0) is 0 Å². The third-order valence-electron chi connectivity index (χ3n) is 3.78. The maximum Gasteiger partial charge on any atom is 0.162 e. The Hall–Kier alpha value is -1.99. The molecule has 0 fully saturated rings. The number of aryl methyl sites for hydroxylation is 1. The summed E-state index contributed by atoms with van der Waals surface area (Å²) in [6.07, 6.45) is 5.55. The van der Waals surface area contributed by atoms with Crippen LogP contribution in [0.1, 0.15) is 11.6 Å². The molecule has 0 N–H and O–H groups in total. The fourth-order valence-corrected chi connectivity index (χ4v) is 2.89. The van der Waals surface area contributed by atoms with E-state index in [9.17, 15) is 0 Å². The molecule has 8 heteroatoms. The number of aromatic nitrogens is 6. The highest BCUT2D eigenvalue weighted by Gasteiger charge is 2.18. The highest BCUT2D eigenvalue weighted by molar-refractivity contribution is 6.33. The summed E-state index contributed by atoms with van der Waals surface area (Å²) in [5.41, 5.74) is 0.767. The molecule has 3 aromatic heterocycles. The first kappa shape index (κ1) is 12.7. The molecular formula is C13H14ClN7. The zero-order chi connectivity index (χ0) is 14.4. The van der Waals surface area contributed by atoms with Gasteiger partial charge < -0.3 is 4.57 Å². The average molecular weight is 304 g/mol. The molecule has 108 valence electrons. The van der Waals surface area contributed by atoms with Crippen LogP contribution >= 0.6 is 11.6 Å². The second-order valence-electron chi connectivity index (χ2n) is 5.18. The molecule has 0 bridgehead atoms. The number of rotatable bonds is 2. The summed E-state index contributed by atoms with van der Waals surface area (Å²) in [6.45, 7) is 3.36. The Morgan fingerprint density at radius 2 is 2.19 bits per heavy atom. The summed E-state index contributed by atoms with van der Waals surface area (Å²) in [5, 5.41) is 5.42. The number of imidazole rings is 1. The summed E-state index contributed by atoms with van der Waals surface area (Å²) in [7, 11) is 1.85. The number of hydrogen-bond donors (Lipinski definition) is 0. The minimum Gasteiger partial charge on any atom is -0.333 e. The predicted molar refractivity (Wildman–Crippen MR) is 77.7 cm³/mol. The maximum atomic E-state index is 6.22. The highest BCUT2D eigenvalue weighted by Crippen LogP contribution is 2.20. The molecule has 0 saturated heterocycles. The van der Waals surface area contributed by atoms with Gasteiger partial charge in [-0.2, -0.15) is 5.10 Å². The van der Waals surface area contributed by atoms with E-state index in [2.05, 4.69) is 29.5 Å². The minimum absolute atomic E-state index is 0.460. The lowest BCUT2D eigenvalue weighted by Crippen LogP contribution is -2.33. The van der Waals surface area contributed by atoms with Crippen LogP contribution in [0.4, 0.5) is 0 Å². The summed E-state index contributed by atoms with van der Waals surface area (Å²) in [6, 6.07) is 0. The van der Waals surface area contributed by atoms with E-state index in [4.69, 9.17) is 11.6 Å². The van der Waals surface area contributed by atoms with Gasteiger partial charge in [-0.15, -0.1) is 0 Å². The standard InChI is InChI=1S/C13H14ClN7/c1-19-13-9(6-16-19)12(14)17-10(18-13)7-20-4-5-21-3-2-15-11(21)8-20/h2-3,6H,4-5,7-8H2,1H3. The van der Waals surface area contributed by atoms with Crippen molar-refractivity contribution in [1.82, 2.24) is 34.2 Å². The first-order valence-corrected chi connectivity index (χ1v) is 7.15. The van der Waals surface area contributed by atoms with Gasteiger partial charge in [0.2, 0.25) is 0 Å². The fraction of sp³-hybridized carbons (Fsp3) is 0.385. The second-order valence-corrected chi connectivity index (χ2v) is 5.54. The molecule has 3 aromatic rings. The Labute approximate surface area is 126 Å². The van der Waals surface area contributed by atoms with Crippen molar-refractivity contribution >= 4 is 22.6 Å². The lowest BCUT2D eigenvalue weighted by Gasteiger charge is -2.26. The third kappa shape index (κ3) is 2.18. The Bertz CT molecular complexity index is 806. The zero-order valence-corrected chi connectivity index (χ0v) is 12.3. The lowest BCUT2D eigenvalue weighted by atomic mass is 10.3. The predicted octanol–water partition coefficient (Wildman–Crippen LogP) is 1.23. The first-order chi connectivity index (χ1) is 10.2. The molecule has 7 nitrogen and oxygen atoms in total. The van der Waals surface area contributed by atoms with Crippen molar-refractivity contribution < 1.29 is 0 Å². The lowest BCUT2D eigenvalue weighted by molar-refractivity contribution is 0.204. The molecule has 21 heavy (non-hydrogen) atoms. The molecular weight excluding hydrogens is 290 g/mol. The van der Waals surface area contributed by atoms with Crippen molar-refractivity contribution in [2.24, 2.45) is 7.05 Å². The van der Waals surface area contributed by atoms with E-state index in [1.54, 1.807) is 10.9 Å². The van der Waals surface area contributed by atoms with Gasteiger partial charge in [-0.3, -0.25) is 9.58 Å². The molecule has 0 aliphatic carbocycles. The number of halogens is 1. The smallest absolute Gasteiger partial charge is 0.162 e. The van der Waals surface area contributed by atoms with Crippen molar-refractivity contribution in [3.63, 3.8) is 0 Å². The average Bonchev–Trinajstić information content (AvgIpc) is 3.06. The van der Waals surface area contributed by atoms with E-state index in [1.807, 2.05) is 19.4 Å². The van der Waals surface area contributed by atoms with Crippen molar-refractivity contribution in [2.75, 3.05) is 6.54 Å². The van der Waals surface area contributed by atoms with Gasteiger partial charge in [-0.1, -0.05) is 11.6 Å². The minimum atomic E-state index is 0.460. The van der Waals surface area contributed by atoms with Crippen LogP contribution in [0.25, 0.3) is 11.0 Å².